The highest BCUT2D eigenvalue weighted by Crippen LogP contribution is 2.38. The maximum absolute atomic E-state index is 12.8. The number of hydrogen-bond donors (Lipinski definition) is 0. The largest absolute Gasteiger partial charge is 0.756 e. The van der Waals surface area contributed by atoms with Gasteiger partial charge in [0.15, 0.2) is 6.10 Å². The highest BCUT2D eigenvalue weighted by atomic mass is 31.2. The van der Waals surface area contributed by atoms with Gasteiger partial charge >= 0.3 is 11.9 Å². The molecule has 0 heterocycles. The summed E-state index contributed by atoms with van der Waals surface area (Å²) < 4.78 is 34.0. The lowest BCUT2D eigenvalue weighted by Gasteiger charge is -2.28. The second kappa shape index (κ2) is 49.9. The van der Waals surface area contributed by atoms with Crippen molar-refractivity contribution in [2.24, 2.45) is 0 Å². The van der Waals surface area contributed by atoms with Crippen molar-refractivity contribution >= 4 is 19.8 Å². The second-order valence-electron chi connectivity index (χ2n) is 19.2. The first kappa shape index (κ1) is 65.9. The Labute approximate surface area is 423 Å². The van der Waals surface area contributed by atoms with Gasteiger partial charge in [0.1, 0.15) is 19.8 Å². The molecular formula is C59H102NO8P. The van der Waals surface area contributed by atoms with Crippen LogP contribution < -0.4 is 4.89 Å². The fourth-order valence-electron chi connectivity index (χ4n) is 7.14. The molecule has 0 aliphatic rings. The molecule has 10 heteroatoms. The van der Waals surface area contributed by atoms with Gasteiger partial charge in [-0.1, -0.05) is 220 Å². The van der Waals surface area contributed by atoms with Crippen molar-refractivity contribution < 1.29 is 42.1 Å². The van der Waals surface area contributed by atoms with Crippen molar-refractivity contribution in [1.29, 1.82) is 0 Å². The third kappa shape index (κ3) is 54.1. The Hall–Kier alpha value is -3.07. The van der Waals surface area contributed by atoms with Crippen molar-refractivity contribution in [1.82, 2.24) is 0 Å². The van der Waals surface area contributed by atoms with Crippen LogP contribution in [0, 0.1) is 0 Å². The van der Waals surface area contributed by atoms with Crippen molar-refractivity contribution in [2.45, 2.75) is 219 Å². The molecule has 0 amide bonds. The van der Waals surface area contributed by atoms with Crippen molar-refractivity contribution in [3.8, 4) is 0 Å². The predicted octanol–water partition coefficient (Wildman–Crippen LogP) is 16.2. The minimum atomic E-state index is -4.65. The van der Waals surface area contributed by atoms with Crippen LogP contribution >= 0.6 is 7.82 Å². The molecular weight excluding hydrogens is 882 g/mol. The van der Waals surface area contributed by atoms with Gasteiger partial charge in [0.25, 0.3) is 7.82 Å². The number of allylic oxidation sites excluding steroid dienone is 16. The maximum atomic E-state index is 12.8. The molecule has 0 aromatic heterocycles. The van der Waals surface area contributed by atoms with E-state index in [2.05, 4.69) is 111 Å². The molecule has 69 heavy (non-hydrogen) atoms. The number of unbranched alkanes of at least 4 members (excludes halogenated alkanes) is 19. The standard InChI is InChI=1S/C59H102NO8P/c1-6-8-10-12-14-16-18-20-22-24-26-27-28-29-30-31-32-33-34-36-38-40-42-44-46-48-50-52-59(62)68-57(56-67-69(63,64)66-54-53-60(3,4)5)55-65-58(61)51-49-47-45-43-41-39-37-35-25-23-21-19-17-15-13-11-9-7-2/h8,10,14,16,20,22,26-27,29-30,32-33,36,38,42,44,57H,6-7,9,11-13,15,17-19,21,23-25,28,31,34-35,37,39-41,43,45-56H2,1-5H3/b10-8-,16-14-,22-20-,27-26-,30-29-,33-32-,38-36-,44-42-. The molecule has 0 aliphatic carbocycles. The predicted molar refractivity (Wildman–Crippen MR) is 291 cm³/mol. The monoisotopic (exact) mass is 984 g/mol. The van der Waals surface area contributed by atoms with Gasteiger partial charge in [0.05, 0.1) is 27.7 Å². The van der Waals surface area contributed by atoms with E-state index < -0.39 is 32.5 Å². The van der Waals surface area contributed by atoms with Gasteiger partial charge in [0.2, 0.25) is 0 Å². The highest BCUT2D eigenvalue weighted by molar-refractivity contribution is 7.45. The summed E-state index contributed by atoms with van der Waals surface area (Å²) in [5.41, 5.74) is 0. The van der Waals surface area contributed by atoms with Crippen LogP contribution in [0.15, 0.2) is 97.2 Å². The number of phosphoric acid groups is 1. The van der Waals surface area contributed by atoms with Crippen LogP contribution in [-0.2, 0) is 32.7 Å². The molecule has 2 unspecified atom stereocenters. The summed E-state index contributed by atoms with van der Waals surface area (Å²) in [6.07, 6.45) is 67.3. The average molecular weight is 984 g/mol. The molecule has 396 valence electrons. The summed E-state index contributed by atoms with van der Waals surface area (Å²) in [7, 11) is 1.13. The van der Waals surface area contributed by atoms with Crippen molar-refractivity contribution in [2.75, 3.05) is 47.5 Å². The van der Waals surface area contributed by atoms with Crippen molar-refractivity contribution in [3.05, 3.63) is 97.2 Å². The number of quaternary nitrogens is 1. The van der Waals surface area contributed by atoms with Crippen LogP contribution in [0.4, 0.5) is 0 Å². The maximum Gasteiger partial charge on any atom is 0.306 e. The zero-order valence-electron chi connectivity index (χ0n) is 44.7. The Morgan fingerprint density at radius 1 is 0.464 bits per heavy atom. The fraction of sp³-hybridized carbons (Fsp3) is 0.695. The van der Waals surface area contributed by atoms with Crippen LogP contribution in [-0.4, -0.2) is 70.0 Å². The van der Waals surface area contributed by atoms with E-state index >= 15 is 0 Å². The molecule has 0 saturated carbocycles. The average Bonchev–Trinajstić information content (AvgIpc) is 3.31. The molecule has 0 aliphatic heterocycles. The van der Waals surface area contributed by atoms with E-state index in [1.807, 2.05) is 21.1 Å². The first-order valence-corrected chi connectivity index (χ1v) is 28.9. The number of phosphoric ester groups is 1. The number of nitrogens with zero attached hydrogens (tertiary/aromatic N) is 1. The lowest BCUT2D eigenvalue weighted by molar-refractivity contribution is -0.870. The van der Waals surface area contributed by atoms with Gasteiger partial charge < -0.3 is 27.9 Å². The van der Waals surface area contributed by atoms with Crippen LogP contribution in [0.5, 0.6) is 0 Å². The summed E-state index contributed by atoms with van der Waals surface area (Å²) in [5.74, 6) is -0.886. The van der Waals surface area contributed by atoms with E-state index in [4.69, 9.17) is 18.5 Å². The number of carbonyl (C=O) groups excluding carboxylic acids is 2. The minimum Gasteiger partial charge on any atom is -0.756 e. The number of likely N-dealkylation sites (N-methyl/N-ethyl adjacent to an activating group) is 1. The quantitative estimate of drug-likeness (QED) is 0.0195. The lowest BCUT2D eigenvalue weighted by atomic mass is 10.0. The first-order chi connectivity index (χ1) is 33.5. The molecule has 0 fully saturated rings. The van der Waals surface area contributed by atoms with Crippen LogP contribution in [0.2, 0.25) is 0 Å². The number of ether oxygens (including phenoxy) is 2. The molecule has 0 spiro atoms. The molecule has 0 N–H and O–H groups in total. The van der Waals surface area contributed by atoms with E-state index in [1.54, 1.807) is 0 Å². The summed E-state index contributed by atoms with van der Waals surface area (Å²) >= 11 is 0. The Bertz CT molecular complexity index is 1490. The first-order valence-electron chi connectivity index (χ1n) is 27.4. The van der Waals surface area contributed by atoms with Crippen LogP contribution in [0.3, 0.4) is 0 Å². The Kier molecular flexibility index (Phi) is 47.7. The minimum absolute atomic E-state index is 0.0435. The lowest BCUT2D eigenvalue weighted by Crippen LogP contribution is -2.37. The van der Waals surface area contributed by atoms with E-state index in [0.717, 1.165) is 83.5 Å². The third-order valence-electron chi connectivity index (χ3n) is 11.4. The smallest absolute Gasteiger partial charge is 0.306 e. The van der Waals surface area contributed by atoms with Gasteiger partial charge in [0, 0.05) is 12.8 Å². The van der Waals surface area contributed by atoms with Gasteiger partial charge in [-0.15, -0.1) is 0 Å². The van der Waals surface area contributed by atoms with Gasteiger partial charge in [-0.25, -0.2) is 0 Å². The third-order valence-corrected chi connectivity index (χ3v) is 12.3. The fourth-order valence-corrected chi connectivity index (χ4v) is 7.87. The van der Waals surface area contributed by atoms with E-state index in [0.29, 0.717) is 17.4 Å². The number of rotatable bonds is 49. The van der Waals surface area contributed by atoms with Gasteiger partial charge in [-0.05, 0) is 77.0 Å². The summed E-state index contributed by atoms with van der Waals surface area (Å²) in [6, 6.07) is 0. The summed E-state index contributed by atoms with van der Waals surface area (Å²) in [6.45, 7) is 4.08. The van der Waals surface area contributed by atoms with Crippen molar-refractivity contribution in [3.63, 3.8) is 0 Å². The number of hydrogen-bond acceptors (Lipinski definition) is 8. The molecule has 0 aromatic carbocycles. The zero-order chi connectivity index (χ0) is 50.6. The Morgan fingerprint density at radius 3 is 1.23 bits per heavy atom. The number of esters is 2. The second-order valence-corrected chi connectivity index (χ2v) is 20.6. The van der Waals surface area contributed by atoms with E-state index in [-0.39, 0.29) is 26.1 Å². The van der Waals surface area contributed by atoms with Crippen LogP contribution in [0.1, 0.15) is 213 Å². The normalized spacial score (nSPS) is 14.1. The van der Waals surface area contributed by atoms with E-state index in [9.17, 15) is 19.0 Å². The topological polar surface area (TPSA) is 111 Å². The summed E-state index contributed by atoms with van der Waals surface area (Å²) in [5, 5.41) is 0. The molecule has 2 atom stereocenters. The Morgan fingerprint density at radius 2 is 0.826 bits per heavy atom. The van der Waals surface area contributed by atoms with Crippen LogP contribution in [0.25, 0.3) is 0 Å². The Balaban J connectivity index is 4.33. The highest BCUT2D eigenvalue weighted by Gasteiger charge is 2.21. The summed E-state index contributed by atoms with van der Waals surface area (Å²) in [4.78, 5) is 37.8. The molecule has 0 saturated heterocycles. The van der Waals surface area contributed by atoms with Gasteiger partial charge in [-0.2, -0.15) is 0 Å². The molecule has 0 radical (unpaired) electrons. The van der Waals surface area contributed by atoms with Gasteiger partial charge in [-0.3, -0.25) is 14.2 Å². The molecule has 9 nitrogen and oxygen atoms in total. The SMILES string of the molecule is CC/C=C\C/C=C\C/C=C\C/C=C\C/C=C\C/C=C\C/C=C\C/C=C\CCCCC(=O)OC(COC(=O)CCCCCCCCCCCCCCCCCCCC)COP(=O)([O-])OCC[N+](C)(C)C. The molecule has 0 bridgehead atoms. The van der Waals surface area contributed by atoms with E-state index in [1.165, 1.54) is 96.3 Å². The molecule has 0 rings (SSSR count). The molecule has 0 aromatic rings. The zero-order valence-corrected chi connectivity index (χ0v) is 45.6. The number of carbonyl (C=O) groups is 2.